The van der Waals surface area contributed by atoms with Crippen molar-refractivity contribution in [2.24, 2.45) is 0 Å². The zero-order valence-electron chi connectivity index (χ0n) is 11.9. The molecule has 1 heterocycles. The first-order valence-corrected chi connectivity index (χ1v) is 6.64. The van der Waals surface area contributed by atoms with E-state index in [0.717, 1.165) is 21.6 Å². The fourth-order valence-corrected chi connectivity index (χ4v) is 2.20. The molecule has 0 aliphatic carbocycles. The van der Waals surface area contributed by atoms with E-state index in [9.17, 15) is 0 Å². The second-order valence-electron chi connectivity index (χ2n) is 6.06. The lowest BCUT2D eigenvalue weighted by Crippen LogP contribution is -2.41. The highest BCUT2D eigenvalue weighted by atomic mass is 35.5. The summed E-state index contributed by atoms with van der Waals surface area (Å²) < 4.78 is 12.1. The van der Waals surface area contributed by atoms with Gasteiger partial charge in [-0.1, -0.05) is 23.7 Å². The van der Waals surface area contributed by atoms with E-state index in [2.05, 4.69) is 27.7 Å². The van der Waals surface area contributed by atoms with Gasteiger partial charge in [0.15, 0.2) is 0 Å². The highest BCUT2D eigenvalue weighted by Crippen LogP contribution is 2.36. The van der Waals surface area contributed by atoms with Crippen LogP contribution in [-0.2, 0) is 9.31 Å². The van der Waals surface area contributed by atoms with E-state index in [1.165, 1.54) is 0 Å². The van der Waals surface area contributed by atoms with Gasteiger partial charge in [0, 0.05) is 5.02 Å². The van der Waals surface area contributed by atoms with Crippen molar-refractivity contribution >= 4 is 24.2 Å². The molecule has 1 fully saturated rings. The zero-order valence-corrected chi connectivity index (χ0v) is 12.7. The molecule has 2 rings (SSSR count). The Bertz CT molecular complexity index is 444. The molecular formula is C14H20BClO2. The van der Waals surface area contributed by atoms with E-state index in [1.807, 2.05) is 26.0 Å². The van der Waals surface area contributed by atoms with Crippen LogP contribution in [0.1, 0.15) is 38.8 Å². The van der Waals surface area contributed by atoms with Crippen molar-refractivity contribution in [1.82, 2.24) is 0 Å². The molecule has 1 saturated heterocycles. The largest absolute Gasteiger partial charge is 0.494 e. The maximum absolute atomic E-state index is 6.19. The molecule has 1 aliphatic rings. The summed E-state index contributed by atoms with van der Waals surface area (Å²) >= 11 is 6.19. The first-order chi connectivity index (χ1) is 8.14. The van der Waals surface area contributed by atoms with Crippen LogP contribution in [0.2, 0.25) is 5.02 Å². The lowest BCUT2D eigenvalue weighted by molar-refractivity contribution is 0.00578. The van der Waals surface area contributed by atoms with Crippen molar-refractivity contribution in [2.75, 3.05) is 0 Å². The number of aryl methyl sites for hydroxylation is 2. The normalized spacial score (nSPS) is 21.4. The summed E-state index contributed by atoms with van der Waals surface area (Å²) in [5.41, 5.74) is 2.54. The third-order valence-electron chi connectivity index (χ3n) is 3.98. The molecule has 0 amide bonds. The molecule has 0 unspecified atom stereocenters. The molecule has 1 aromatic carbocycles. The van der Waals surface area contributed by atoms with Gasteiger partial charge in [-0.25, -0.2) is 0 Å². The summed E-state index contributed by atoms with van der Waals surface area (Å²) in [6, 6.07) is 4.08. The van der Waals surface area contributed by atoms with Gasteiger partial charge in [-0.05, 0) is 58.1 Å². The molecule has 0 bridgehead atoms. The minimum Gasteiger partial charge on any atom is -0.399 e. The lowest BCUT2D eigenvalue weighted by atomic mass is 9.77. The molecule has 0 aromatic heterocycles. The molecule has 0 spiro atoms. The standard InChI is InChI=1S/C14H20BClO2/c1-9-7-11(8-10(2)12(9)16)15-17-13(3,4)14(5,6)18-15/h7-8H,1-6H3. The summed E-state index contributed by atoms with van der Waals surface area (Å²) in [5.74, 6) is 0. The van der Waals surface area contributed by atoms with Gasteiger partial charge in [-0.3, -0.25) is 0 Å². The van der Waals surface area contributed by atoms with E-state index in [0.29, 0.717) is 0 Å². The van der Waals surface area contributed by atoms with Crippen LogP contribution in [0.4, 0.5) is 0 Å². The molecule has 18 heavy (non-hydrogen) atoms. The smallest absolute Gasteiger partial charge is 0.399 e. The van der Waals surface area contributed by atoms with Gasteiger partial charge in [-0.15, -0.1) is 0 Å². The highest BCUT2D eigenvalue weighted by Gasteiger charge is 2.51. The summed E-state index contributed by atoms with van der Waals surface area (Å²) in [5, 5.41) is 0.815. The summed E-state index contributed by atoms with van der Waals surface area (Å²) in [4.78, 5) is 0. The predicted molar refractivity (Wildman–Crippen MR) is 76.6 cm³/mol. The Labute approximate surface area is 115 Å². The molecule has 98 valence electrons. The van der Waals surface area contributed by atoms with Crippen molar-refractivity contribution in [3.8, 4) is 0 Å². The fourth-order valence-electron chi connectivity index (χ4n) is 2.09. The van der Waals surface area contributed by atoms with Gasteiger partial charge in [-0.2, -0.15) is 0 Å². The average molecular weight is 267 g/mol. The molecule has 2 nitrogen and oxygen atoms in total. The van der Waals surface area contributed by atoms with Crippen LogP contribution in [0.25, 0.3) is 0 Å². The van der Waals surface area contributed by atoms with E-state index in [-0.39, 0.29) is 18.3 Å². The molecule has 0 saturated carbocycles. The van der Waals surface area contributed by atoms with E-state index in [4.69, 9.17) is 20.9 Å². The minimum absolute atomic E-state index is 0.306. The van der Waals surface area contributed by atoms with Crippen molar-refractivity contribution in [3.63, 3.8) is 0 Å². The third-order valence-corrected chi connectivity index (χ3v) is 4.58. The monoisotopic (exact) mass is 266 g/mol. The van der Waals surface area contributed by atoms with Crippen LogP contribution < -0.4 is 5.46 Å². The Morgan fingerprint density at radius 2 is 1.33 bits per heavy atom. The Balaban J connectivity index is 2.36. The Morgan fingerprint density at radius 1 is 0.944 bits per heavy atom. The lowest BCUT2D eigenvalue weighted by Gasteiger charge is -2.32. The molecule has 4 heteroatoms. The van der Waals surface area contributed by atoms with Gasteiger partial charge >= 0.3 is 7.12 Å². The van der Waals surface area contributed by atoms with E-state index in [1.54, 1.807) is 0 Å². The molecule has 1 aromatic rings. The van der Waals surface area contributed by atoms with Crippen LogP contribution in [0.15, 0.2) is 12.1 Å². The average Bonchev–Trinajstić information content (AvgIpc) is 2.44. The van der Waals surface area contributed by atoms with E-state index >= 15 is 0 Å². The van der Waals surface area contributed by atoms with Crippen molar-refractivity contribution in [2.45, 2.75) is 52.7 Å². The van der Waals surface area contributed by atoms with Gasteiger partial charge in [0.05, 0.1) is 11.2 Å². The van der Waals surface area contributed by atoms with Crippen LogP contribution in [0.5, 0.6) is 0 Å². The number of hydrogen-bond donors (Lipinski definition) is 0. The zero-order chi connectivity index (χ0) is 13.7. The maximum Gasteiger partial charge on any atom is 0.494 e. The van der Waals surface area contributed by atoms with Crippen LogP contribution in [0, 0.1) is 13.8 Å². The fraction of sp³-hybridized carbons (Fsp3) is 0.571. The molecule has 1 aliphatic heterocycles. The molecule has 0 radical (unpaired) electrons. The Morgan fingerprint density at radius 3 is 1.72 bits per heavy atom. The molecule has 0 atom stereocenters. The van der Waals surface area contributed by atoms with E-state index < -0.39 is 0 Å². The molecular weight excluding hydrogens is 246 g/mol. The Hall–Kier alpha value is -0.505. The first kappa shape index (κ1) is 13.9. The van der Waals surface area contributed by atoms with Gasteiger partial charge < -0.3 is 9.31 Å². The quantitative estimate of drug-likeness (QED) is 0.727. The number of hydrogen-bond acceptors (Lipinski definition) is 2. The Kier molecular flexibility index (Phi) is 3.29. The SMILES string of the molecule is Cc1cc(B2OC(C)(C)C(C)(C)O2)cc(C)c1Cl. The second kappa shape index (κ2) is 4.26. The van der Waals surface area contributed by atoms with Crippen molar-refractivity contribution in [3.05, 3.63) is 28.3 Å². The summed E-state index contributed by atoms with van der Waals surface area (Å²) in [6.45, 7) is 12.2. The van der Waals surface area contributed by atoms with Crippen molar-refractivity contribution < 1.29 is 9.31 Å². The highest BCUT2D eigenvalue weighted by molar-refractivity contribution is 6.62. The third kappa shape index (κ3) is 2.20. The summed E-state index contributed by atoms with van der Waals surface area (Å²) in [6.07, 6.45) is 0. The topological polar surface area (TPSA) is 18.5 Å². The van der Waals surface area contributed by atoms with Crippen LogP contribution in [0.3, 0.4) is 0 Å². The summed E-state index contributed by atoms with van der Waals surface area (Å²) in [7, 11) is -0.315. The van der Waals surface area contributed by atoms with Crippen LogP contribution in [-0.4, -0.2) is 18.3 Å². The maximum atomic E-state index is 6.19. The predicted octanol–water partition coefficient (Wildman–Crippen LogP) is 3.26. The van der Waals surface area contributed by atoms with Gasteiger partial charge in [0.25, 0.3) is 0 Å². The van der Waals surface area contributed by atoms with Crippen LogP contribution >= 0.6 is 11.6 Å². The number of benzene rings is 1. The number of halogens is 1. The van der Waals surface area contributed by atoms with Gasteiger partial charge in [0.1, 0.15) is 0 Å². The van der Waals surface area contributed by atoms with Crippen molar-refractivity contribution in [1.29, 1.82) is 0 Å². The minimum atomic E-state index is -0.315. The number of rotatable bonds is 1. The first-order valence-electron chi connectivity index (χ1n) is 6.26. The second-order valence-corrected chi connectivity index (χ2v) is 6.43. The van der Waals surface area contributed by atoms with Gasteiger partial charge in [0.2, 0.25) is 0 Å². The molecule has 0 N–H and O–H groups in total.